The van der Waals surface area contributed by atoms with E-state index in [0.717, 1.165) is 37.6 Å². The quantitative estimate of drug-likeness (QED) is 0.794. The summed E-state index contributed by atoms with van der Waals surface area (Å²) in [5.74, 6) is -0.617. The maximum atomic E-state index is 12.4. The molecular formula is C21H24N2O4. The lowest BCUT2D eigenvalue weighted by molar-refractivity contribution is -0.115. The molecule has 1 N–H and O–H groups in total. The van der Waals surface area contributed by atoms with Crippen molar-refractivity contribution in [2.24, 2.45) is 0 Å². The summed E-state index contributed by atoms with van der Waals surface area (Å²) in [6.07, 6.45) is 0.237. The van der Waals surface area contributed by atoms with Crippen molar-refractivity contribution in [1.82, 2.24) is 0 Å². The number of nitrogens with one attached hydrogen (secondary N) is 1. The fraction of sp³-hybridized carbons (Fsp3) is 0.333. The molecule has 0 atom stereocenters. The van der Waals surface area contributed by atoms with Crippen LogP contribution in [0.1, 0.15) is 22.8 Å². The van der Waals surface area contributed by atoms with E-state index in [1.807, 2.05) is 24.3 Å². The van der Waals surface area contributed by atoms with Crippen molar-refractivity contribution in [1.29, 1.82) is 0 Å². The Hall–Kier alpha value is -2.86. The molecular weight excluding hydrogens is 344 g/mol. The molecule has 0 saturated carbocycles. The Morgan fingerprint density at radius 2 is 1.78 bits per heavy atom. The molecule has 0 unspecified atom stereocenters. The second kappa shape index (κ2) is 9.19. The van der Waals surface area contributed by atoms with E-state index >= 15 is 0 Å². The van der Waals surface area contributed by atoms with Crippen LogP contribution in [0.15, 0.2) is 48.5 Å². The average Bonchev–Trinajstić information content (AvgIpc) is 2.70. The predicted molar refractivity (Wildman–Crippen MR) is 104 cm³/mol. The van der Waals surface area contributed by atoms with Gasteiger partial charge in [-0.25, -0.2) is 4.79 Å². The fourth-order valence-corrected chi connectivity index (χ4v) is 3.00. The molecule has 0 radical (unpaired) electrons. The molecule has 1 heterocycles. The number of morpholine rings is 1. The monoisotopic (exact) mass is 368 g/mol. The number of hydrogen-bond acceptors (Lipinski definition) is 5. The summed E-state index contributed by atoms with van der Waals surface area (Å²) in [6, 6.07) is 14.8. The van der Waals surface area contributed by atoms with E-state index in [-0.39, 0.29) is 18.9 Å². The molecule has 6 heteroatoms. The van der Waals surface area contributed by atoms with E-state index in [9.17, 15) is 9.59 Å². The van der Waals surface area contributed by atoms with Gasteiger partial charge in [0.2, 0.25) is 5.91 Å². The minimum absolute atomic E-state index is 0.175. The van der Waals surface area contributed by atoms with Crippen molar-refractivity contribution < 1.29 is 19.1 Å². The van der Waals surface area contributed by atoms with Crippen molar-refractivity contribution in [3.63, 3.8) is 0 Å². The first-order valence-corrected chi connectivity index (χ1v) is 9.15. The number of amides is 1. The van der Waals surface area contributed by atoms with Crippen molar-refractivity contribution in [2.45, 2.75) is 13.3 Å². The first kappa shape index (κ1) is 18.9. The van der Waals surface area contributed by atoms with Crippen LogP contribution in [0.5, 0.6) is 0 Å². The average molecular weight is 368 g/mol. The van der Waals surface area contributed by atoms with Gasteiger partial charge in [-0.05, 0) is 36.8 Å². The van der Waals surface area contributed by atoms with Crippen molar-refractivity contribution in [3.05, 3.63) is 59.7 Å². The molecule has 2 aromatic rings. The molecule has 1 fully saturated rings. The number of esters is 1. The van der Waals surface area contributed by atoms with Gasteiger partial charge in [0.25, 0.3) is 0 Å². The van der Waals surface area contributed by atoms with Gasteiger partial charge in [0.1, 0.15) is 0 Å². The highest BCUT2D eigenvalue weighted by Crippen LogP contribution is 2.19. The molecule has 2 aromatic carbocycles. The van der Waals surface area contributed by atoms with Crippen LogP contribution in [0.3, 0.4) is 0 Å². The Morgan fingerprint density at radius 1 is 1.07 bits per heavy atom. The van der Waals surface area contributed by atoms with E-state index in [2.05, 4.69) is 10.2 Å². The Labute approximate surface area is 159 Å². The third-order valence-corrected chi connectivity index (χ3v) is 4.37. The number of ether oxygens (including phenoxy) is 2. The first-order chi connectivity index (χ1) is 13.2. The smallest absolute Gasteiger partial charge is 0.340 e. The van der Waals surface area contributed by atoms with E-state index in [1.54, 1.807) is 31.2 Å². The summed E-state index contributed by atoms with van der Waals surface area (Å²) in [7, 11) is 0. The SMILES string of the molecule is CCOC(=O)c1ccccc1NC(=O)Cc1ccc(N2CCOCC2)cc1. The van der Waals surface area contributed by atoms with Gasteiger partial charge in [-0.1, -0.05) is 24.3 Å². The van der Waals surface area contributed by atoms with E-state index in [0.29, 0.717) is 11.3 Å². The Bertz CT molecular complexity index is 783. The second-order valence-corrected chi connectivity index (χ2v) is 6.26. The van der Waals surface area contributed by atoms with Crippen molar-refractivity contribution >= 4 is 23.3 Å². The highest BCUT2D eigenvalue weighted by atomic mass is 16.5. The van der Waals surface area contributed by atoms with Crippen LogP contribution in [-0.2, 0) is 20.7 Å². The van der Waals surface area contributed by atoms with Gasteiger partial charge in [-0.15, -0.1) is 0 Å². The van der Waals surface area contributed by atoms with Crippen LogP contribution in [0.2, 0.25) is 0 Å². The molecule has 0 spiro atoms. The largest absolute Gasteiger partial charge is 0.462 e. The van der Waals surface area contributed by atoms with Gasteiger partial charge in [-0.3, -0.25) is 4.79 Å². The summed E-state index contributed by atoms with van der Waals surface area (Å²) in [5.41, 5.74) is 2.87. The van der Waals surface area contributed by atoms with Crippen LogP contribution >= 0.6 is 0 Å². The van der Waals surface area contributed by atoms with Gasteiger partial charge < -0.3 is 19.7 Å². The van der Waals surface area contributed by atoms with Crippen LogP contribution in [-0.4, -0.2) is 44.8 Å². The molecule has 1 aliphatic rings. The summed E-state index contributed by atoms with van der Waals surface area (Å²) >= 11 is 0. The van der Waals surface area contributed by atoms with E-state index in [4.69, 9.17) is 9.47 Å². The molecule has 1 aliphatic heterocycles. The van der Waals surface area contributed by atoms with Gasteiger partial charge in [0.15, 0.2) is 0 Å². The highest BCUT2D eigenvalue weighted by Gasteiger charge is 2.15. The lowest BCUT2D eigenvalue weighted by atomic mass is 10.1. The summed E-state index contributed by atoms with van der Waals surface area (Å²) < 4.78 is 10.4. The van der Waals surface area contributed by atoms with Gasteiger partial charge in [0.05, 0.1) is 37.5 Å². The third-order valence-electron chi connectivity index (χ3n) is 4.37. The minimum atomic E-state index is -0.441. The van der Waals surface area contributed by atoms with Crippen LogP contribution < -0.4 is 10.2 Å². The topological polar surface area (TPSA) is 67.9 Å². The molecule has 1 saturated heterocycles. The molecule has 0 aromatic heterocycles. The minimum Gasteiger partial charge on any atom is -0.462 e. The van der Waals surface area contributed by atoms with Crippen molar-refractivity contribution in [2.75, 3.05) is 43.1 Å². The number of para-hydroxylation sites is 1. The predicted octanol–water partition coefficient (Wildman–Crippen LogP) is 2.88. The number of nitrogens with zero attached hydrogens (tertiary/aromatic N) is 1. The molecule has 3 rings (SSSR count). The lowest BCUT2D eigenvalue weighted by Gasteiger charge is -2.28. The maximum absolute atomic E-state index is 12.4. The Balaban J connectivity index is 1.62. The standard InChI is InChI=1S/C21H24N2O4/c1-2-27-21(25)18-5-3-4-6-19(18)22-20(24)15-16-7-9-17(10-8-16)23-11-13-26-14-12-23/h3-10H,2,11-15H2,1H3,(H,22,24). The first-order valence-electron chi connectivity index (χ1n) is 9.15. The normalized spacial score (nSPS) is 13.9. The second-order valence-electron chi connectivity index (χ2n) is 6.26. The Morgan fingerprint density at radius 3 is 2.48 bits per heavy atom. The molecule has 0 aliphatic carbocycles. The van der Waals surface area contributed by atoms with Crippen molar-refractivity contribution in [3.8, 4) is 0 Å². The van der Waals surface area contributed by atoms with Gasteiger partial charge in [-0.2, -0.15) is 0 Å². The molecule has 6 nitrogen and oxygen atoms in total. The van der Waals surface area contributed by atoms with Crippen LogP contribution in [0.4, 0.5) is 11.4 Å². The van der Waals surface area contributed by atoms with E-state index in [1.165, 1.54) is 0 Å². The molecule has 27 heavy (non-hydrogen) atoms. The van der Waals surface area contributed by atoms with Crippen LogP contribution in [0.25, 0.3) is 0 Å². The zero-order valence-corrected chi connectivity index (χ0v) is 15.4. The molecule has 142 valence electrons. The molecule has 0 bridgehead atoms. The molecule has 1 amide bonds. The lowest BCUT2D eigenvalue weighted by Crippen LogP contribution is -2.36. The van der Waals surface area contributed by atoms with E-state index < -0.39 is 5.97 Å². The van der Waals surface area contributed by atoms with Crippen LogP contribution in [0, 0.1) is 0 Å². The fourth-order valence-electron chi connectivity index (χ4n) is 3.00. The third kappa shape index (κ3) is 5.08. The Kier molecular flexibility index (Phi) is 6.44. The number of hydrogen-bond donors (Lipinski definition) is 1. The summed E-state index contributed by atoms with van der Waals surface area (Å²) in [4.78, 5) is 26.7. The zero-order valence-electron chi connectivity index (χ0n) is 15.4. The zero-order chi connectivity index (χ0) is 19.1. The maximum Gasteiger partial charge on any atom is 0.340 e. The van der Waals surface area contributed by atoms with Gasteiger partial charge >= 0.3 is 5.97 Å². The number of carbonyl (C=O) groups excluding carboxylic acids is 2. The highest BCUT2D eigenvalue weighted by molar-refractivity contribution is 6.01. The summed E-state index contributed by atoms with van der Waals surface area (Å²) in [6.45, 7) is 5.28. The number of rotatable bonds is 6. The number of benzene rings is 2. The number of carbonyl (C=O) groups is 2. The summed E-state index contributed by atoms with van der Waals surface area (Å²) in [5, 5.41) is 2.81. The van der Waals surface area contributed by atoms with Gasteiger partial charge in [0, 0.05) is 18.8 Å². The number of anilines is 2.